The van der Waals surface area contributed by atoms with Gasteiger partial charge in [-0.25, -0.2) is 21.9 Å². The minimum Gasteiger partial charge on any atom is -0.341 e. The third-order valence-electron chi connectivity index (χ3n) is 4.27. The Morgan fingerprint density at radius 2 is 1.78 bits per heavy atom. The first-order chi connectivity index (χ1) is 12.6. The Balaban J connectivity index is 1.91. The second-order valence-electron chi connectivity index (χ2n) is 6.38. The van der Waals surface area contributed by atoms with Gasteiger partial charge in [0.2, 0.25) is 15.9 Å². The maximum absolute atomic E-state index is 13.7. The maximum Gasteiger partial charge on any atom is 0.240 e. The van der Waals surface area contributed by atoms with Crippen LogP contribution < -0.4 is 4.72 Å². The van der Waals surface area contributed by atoms with Gasteiger partial charge in [-0.15, -0.1) is 0 Å². The predicted octanol–water partition coefficient (Wildman–Crippen LogP) is 2.91. The van der Waals surface area contributed by atoms with E-state index in [-0.39, 0.29) is 35.9 Å². The molecule has 0 saturated carbocycles. The van der Waals surface area contributed by atoms with Crippen LogP contribution in [0.1, 0.15) is 23.1 Å². The summed E-state index contributed by atoms with van der Waals surface area (Å²) in [5, 5.41) is 0. The number of carbonyl (C=O) groups excluding carboxylic acids is 1. The summed E-state index contributed by atoms with van der Waals surface area (Å²) in [6, 6.07) is 7.95. The Labute approximate surface area is 158 Å². The highest BCUT2D eigenvalue weighted by Crippen LogP contribution is 2.15. The first kappa shape index (κ1) is 21.0. The Morgan fingerprint density at radius 1 is 1.07 bits per heavy atom. The van der Waals surface area contributed by atoms with Gasteiger partial charge in [-0.05, 0) is 43.2 Å². The molecule has 0 fully saturated rings. The molecule has 0 atom stereocenters. The van der Waals surface area contributed by atoms with Crippen molar-refractivity contribution in [2.45, 2.75) is 31.7 Å². The van der Waals surface area contributed by atoms with Crippen LogP contribution in [-0.4, -0.2) is 32.8 Å². The molecular weight excluding hydrogens is 374 g/mol. The average molecular weight is 396 g/mol. The fourth-order valence-corrected chi connectivity index (χ4v) is 3.56. The van der Waals surface area contributed by atoms with E-state index in [9.17, 15) is 22.0 Å². The molecule has 0 saturated heterocycles. The molecule has 27 heavy (non-hydrogen) atoms. The van der Waals surface area contributed by atoms with E-state index in [1.54, 1.807) is 12.1 Å². The van der Waals surface area contributed by atoms with E-state index in [1.165, 1.54) is 24.1 Å². The number of halogens is 2. The minimum absolute atomic E-state index is 0.0329. The largest absolute Gasteiger partial charge is 0.341 e. The van der Waals surface area contributed by atoms with E-state index in [0.717, 1.165) is 23.3 Å². The summed E-state index contributed by atoms with van der Waals surface area (Å²) in [6.45, 7) is 3.60. The van der Waals surface area contributed by atoms with Crippen LogP contribution >= 0.6 is 0 Å². The van der Waals surface area contributed by atoms with Crippen LogP contribution in [0.25, 0.3) is 0 Å². The number of nitrogens with one attached hydrogen (secondary N) is 1. The molecule has 0 aliphatic carbocycles. The van der Waals surface area contributed by atoms with Gasteiger partial charge in [0.05, 0.1) is 4.90 Å². The number of carbonyl (C=O) groups is 1. The zero-order valence-electron chi connectivity index (χ0n) is 15.4. The summed E-state index contributed by atoms with van der Waals surface area (Å²) in [5.74, 6) is -1.78. The fourth-order valence-electron chi connectivity index (χ4n) is 2.44. The van der Waals surface area contributed by atoms with Crippen molar-refractivity contribution in [2.24, 2.45) is 0 Å². The fraction of sp³-hybridized carbons (Fsp3) is 0.316. The van der Waals surface area contributed by atoms with Crippen LogP contribution in [0.5, 0.6) is 0 Å². The molecule has 2 rings (SSSR count). The first-order valence-electron chi connectivity index (χ1n) is 8.35. The molecule has 1 N–H and O–H groups in total. The number of hydrogen-bond acceptors (Lipinski definition) is 3. The van der Waals surface area contributed by atoms with Gasteiger partial charge in [-0.2, -0.15) is 0 Å². The lowest BCUT2D eigenvalue weighted by Crippen LogP contribution is -2.32. The monoisotopic (exact) mass is 396 g/mol. The number of amides is 1. The van der Waals surface area contributed by atoms with Crippen LogP contribution in [0.2, 0.25) is 0 Å². The second-order valence-corrected chi connectivity index (χ2v) is 8.15. The molecule has 2 aromatic rings. The summed E-state index contributed by atoms with van der Waals surface area (Å²) >= 11 is 0. The van der Waals surface area contributed by atoms with Gasteiger partial charge in [0.1, 0.15) is 11.6 Å². The number of rotatable bonds is 7. The van der Waals surface area contributed by atoms with E-state index in [2.05, 4.69) is 4.72 Å². The van der Waals surface area contributed by atoms with Crippen molar-refractivity contribution >= 4 is 15.9 Å². The van der Waals surface area contributed by atoms with Gasteiger partial charge in [-0.3, -0.25) is 4.79 Å². The van der Waals surface area contributed by atoms with Crippen LogP contribution in [0.15, 0.2) is 41.3 Å². The zero-order valence-corrected chi connectivity index (χ0v) is 16.2. The molecule has 0 unspecified atom stereocenters. The van der Waals surface area contributed by atoms with Gasteiger partial charge >= 0.3 is 0 Å². The van der Waals surface area contributed by atoms with Gasteiger partial charge in [0, 0.05) is 38.2 Å². The summed E-state index contributed by atoms with van der Waals surface area (Å²) in [6.07, 6.45) is -0.0800. The number of nitrogens with zero attached hydrogens (tertiary/aromatic N) is 1. The molecule has 0 aliphatic rings. The molecule has 0 radical (unpaired) electrons. The molecule has 2 aromatic carbocycles. The summed E-state index contributed by atoms with van der Waals surface area (Å²) in [7, 11) is -2.24. The maximum atomic E-state index is 13.7. The van der Waals surface area contributed by atoms with E-state index in [1.807, 2.05) is 13.8 Å². The van der Waals surface area contributed by atoms with Crippen molar-refractivity contribution in [3.05, 3.63) is 64.7 Å². The number of aryl methyl sites for hydroxylation is 2. The summed E-state index contributed by atoms with van der Waals surface area (Å²) < 4.78 is 53.6. The Kier molecular flexibility index (Phi) is 6.67. The molecule has 146 valence electrons. The highest BCUT2D eigenvalue weighted by molar-refractivity contribution is 7.89. The zero-order chi connectivity index (χ0) is 20.2. The van der Waals surface area contributed by atoms with Crippen molar-refractivity contribution in [1.29, 1.82) is 0 Å². The molecule has 0 heterocycles. The first-order valence-corrected chi connectivity index (χ1v) is 9.83. The van der Waals surface area contributed by atoms with E-state index in [0.29, 0.717) is 0 Å². The Hall–Kier alpha value is -2.32. The quantitative estimate of drug-likeness (QED) is 0.783. The standard InChI is InChI=1S/C19H22F2N2O3S/c1-13-4-7-17(10-14(13)2)27(25,26)22-9-8-19(24)23(3)12-15-5-6-16(20)11-18(15)21/h4-7,10-11,22H,8-9,12H2,1-3H3. The van der Waals surface area contributed by atoms with Crippen molar-refractivity contribution < 1.29 is 22.0 Å². The minimum atomic E-state index is -3.71. The van der Waals surface area contributed by atoms with Crippen LogP contribution in [-0.2, 0) is 21.4 Å². The Morgan fingerprint density at radius 3 is 2.41 bits per heavy atom. The van der Waals surface area contributed by atoms with Crippen LogP contribution in [0.3, 0.4) is 0 Å². The van der Waals surface area contributed by atoms with E-state index < -0.39 is 21.7 Å². The molecule has 0 aromatic heterocycles. The lowest BCUT2D eigenvalue weighted by Gasteiger charge is -2.18. The van der Waals surface area contributed by atoms with Crippen molar-refractivity contribution in [3.8, 4) is 0 Å². The van der Waals surface area contributed by atoms with E-state index in [4.69, 9.17) is 0 Å². The van der Waals surface area contributed by atoms with Crippen molar-refractivity contribution in [1.82, 2.24) is 9.62 Å². The SMILES string of the molecule is Cc1ccc(S(=O)(=O)NCCC(=O)N(C)Cc2ccc(F)cc2F)cc1C. The molecule has 0 bridgehead atoms. The molecule has 1 amide bonds. The molecule has 8 heteroatoms. The highest BCUT2D eigenvalue weighted by Gasteiger charge is 2.17. The van der Waals surface area contributed by atoms with Gasteiger partial charge in [-0.1, -0.05) is 12.1 Å². The summed E-state index contributed by atoms with van der Waals surface area (Å²) in [5.41, 5.74) is 2.02. The third-order valence-corrected chi connectivity index (χ3v) is 5.73. The normalized spacial score (nSPS) is 11.4. The number of hydrogen-bond donors (Lipinski definition) is 1. The topological polar surface area (TPSA) is 66.5 Å². The van der Waals surface area contributed by atoms with Gasteiger partial charge < -0.3 is 4.90 Å². The van der Waals surface area contributed by atoms with Gasteiger partial charge in [0.25, 0.3) is 0 Å². The van der Waals surface area contributed by atoms with Crippen molar-refractivity contribution in [2.75, 3.05) is 13.6 Å². The van der Waals surface area contributed by atoms with E-state index >= 15 is 0 Å². The molecule has 0 spiro atoms. The number of sulfonamides is 1. The Bertz CT molecular complexity index is 946. The lowest BCUT2D eigenvalue weighted by molar-refractivity contribution is -0.130. The molecule has 5 nitrogen and oxygen atoms in total. The second kappa shape index (κ2) is 8.58. The third kappa shape index (κ3) is 5.58. The lowest BCUT2D eigenvalue weighted by atomic mass is 10.1. The smallest absolute Gasteiger partial charge is 0.240 e. The molecular formula is C19H22F2N2O3S. The van der Waals surface area contributed by atoms with Crippen LogP contribution in [0, 0.1) is 25.5 Å². The number of benzene rings is 2. The highest BCUT2D eigenvalue weighted by atomic mass is 32.2. The summed E-state index contributed by atoms with van der Waals surface area (Å²) in [4.78, 5) is 13.5. The molecule has 0 aliphatic heterocycles. The van der Waals surface area contributed by atoms with Crippen molar-refractivity contribution in [3.63, 3.8) is 0 Å². The predicted molar refractivity (Wildman–Crippen MR) is 98.6 cm³/mol. The van der Waals surface area contributed by atoms with Crippen LogP contribution in [0.4, 0.5) is 8.78 Å². The average Bonchev–Trinajstić information content (AvgIpc) is 2.59. The van der Waals surface area contributed by atoms with Gasteiger partial charge in [0.15, 0.2) is 0 Å².